The van der Waals surface area contributed by atoms with Gasteiger partial charge < -0.3 is 30.6 Å². The van der Waals surface area contributed by atoms with Gasteiger partial charge in [0.15, 0.2) is 5.76 Å². The van der Waals surface area contributed by atoms with Crippen molar-refractivity contribution in [2.75, 3.05) is 7.11 Å². The molecule has 0 aromatic carbocycles. The minimum absolute atomic E-state index is 0.0156. The van der Waals surface area contributed by atoms with Crippen molar-refractivity contribution < 1.29 is 33.4 Å². The van der Waals surface area contributed by atoms with Gasteiger partial charge in [0.05, 0.1) is 7.11 Å². The molecule has 0 aromatic rings. The molecule has 0 saturated carbocycles. The number of carbonyl (C=O) groups excluding carboxylic acids is 4. The molecule has 0 radical (unpaired) electrons. The minimum Gasteiger partial charge on any atom is -0.490 e. The number of carbonyl (C=O) groups is 4. The van der Waals surface area contributed by atoms with Crippen LogP contribution in [0.15, 0.2) is 71.2 Å². The summed E-state index contributed by atoms with van der Waals surface area (Å²) in [7, 11) is 1.43. The Balaban J connectivity index is 2.63. The summed E-state index contributed by atoms with van der Waals surface area (Å²) < 4.78 is 15.4. The maximum Gasteiger partial charge on any atom is 0.404 e. The fraction of sp³-hybridized carbons (Fsp3) is 0.467. The van der Waals surface area contributed by atoms with Gasteiger partial charge >= 0.3 is 12.1 Å². The van der Waals surface area contributed by atoms with Gasteiger partial charge in [-0.25, -0.2) is 9.59 Å². The number of nitrogens with one attached hydrogen (secondary N) is 2. The Bertz CT molecular complexity index is 1100. The number of hydrogen-bond donors (Lipinski definition) is 3. The number of primary amides is 1. The molecule has 10 nitrogen and oxygen atoms in total. The van der Waals surface area contributed by atoms with Crippen molar-refractivity contribution in [1.29, 1.82) is 0 Å². The Labute approximate surface area is 247 Å². The normalized spacial score (nSPS) is 18.7. The van der Waals surface area contributed by atoms with Gasteiger partial charge in [0.25, 0.3) is 0 Å². The van der Waals surface area contributed by atoms with E-state index in [2.05, 4.69) is 10.6 Å². The zero-order valence-corrected chi connectivity index (χ0v) is 25.3. The summed E-state index contributed by atoms with van der Waals surface area (Å²) in [5.74, 6) is -1.24. The van der Waals surface area contributed by atoms with Gasteiger partial charge in [-0.2, -0.15) is 0 Å². The first-order chi connectivity index (χ1) is 19.3. The first-order valence-corrected chi connectivity index (χ1v) is 13.7. The second-order valence-electron chi connectivity index (χ2n) is 9.90. The predicted molar refractivity (Wildman–Crippen MR) is 158 cm³/mol. The van der Waals surface area contributed by atoms with Gasteiger partial charge in [-0.1, -0.05) is 74.4 Å². The number of hydrogen-bond acceptors (Lipinski definition) is 7. The molecule has 226 valence electrons. The molecule has 41 heavy (non-hydrogen) atoms. The number of cyclic esters (lactones) is 1. The highest BCUT2D eigenvalue weighted by Crippen LogP contribution is 2.22. The monoisotopic (exact) mass is 591 g/mol. The summed E-state index contributed by atoms with van der Waals surface area (Å²) in [6.45, 7) is 9.22. The smallest absolute Gasteiger partial charge is 0.404 e. The lowest BCUT2D eigenvalue weighted by atomic mass is 9.97. The third-order valence-corrected chi connectivity index (χ3v) is 6.13. The van der Waals surface area contributed by atoms with Gasteiger partial charge in [-0.3, -0.25) is 9.59 Å². The van der Waals surface area contributed by atoms with Gasteiger partial charge in [0.2, 0.25) is 11.8 Å². The Morgan fingerprint density at radius 3 is 2.44 bits per heavy atom. The van der Waals surface area contributed by atoms with Crippen molar-refractivity contribution in [2.45, 2.75) is 72.1 Å². The van der Waals surface area contributed by atoms with Crippen LogP contribution >= 0.6 is 11.6 Å². The van der Waals surface area contributed by atoms with Crippen LogP contribution in [0, 0.1) is 11.8 Å². The summed E-state index contributed by atoms with van der Waals surface area (Å²) >= 11 is 5.83. The average Bonchev–Trinajstić information content (AvgIpc) is 2.89. The lowest BCUT2D eigenvalue weighted by Gasteiger charge is -2.25. The molecule has 0 unspecified atom stereocenters. The third kappa shape index (κ3) is 14.4. The van der Waals surface area contributed by atoms with E-state index in [1.54, 1.807) is 37.3 Å². The summed E-state index contributed by atoms with van der Waals surface area (Å²) in [6, 6.07) is -0.770. The Morgan fingerprint density at radius 2 is 1.85 bits per heavy atom. The number of nitrogens with two attached hydrogens (primary N) is 1. The second kappa shape index (κ2) is 18.5. The molecule has 3 amide bonds. The lowest BCUT2D eigenvalue weighted by molar-refractivity contribution is -0.151. The van der Waals surface area contributed by atoms with E-state index in [1.807, 2.05) is 39.8 Å². The molecular formula is C30H42ClN3O7. The van der Waals surface area contributed by atoms with Crippen LogP contribution in [-0.4, -0.2) is 49.2 Å². The van der Waals surface area contributed by atoms with E-state index in [0.717, 1.165) is 5.57 Å². The van der Waals surface area contributed by atoms with Crippen molar-refractivity contribution >= 4 is 35.5 Å². The van der Waals surface area contributed by atoms with Crippen molar-refractivity contribution in [3.05, 3.63) is 71.2 Å². The van der Waals surface area contributed by atoms with Crippen LogP contribution < -0.4 is 16.4 Å². The Hall–Kier alpha value is -3.79. The molecule has 4 N–H and O–H groups in total. The number of rotatable bonds is 15. The van der Waals surface area contributed by atoms with E-state index < -0.39 is 30.1 Å². The van der Waals surface area contributed by atoms with Crippen molar-refractivity contribution in [3.63, 3.8) is 0 Å². The van der Waals surface area contributed by atoms with Crippen LogP contribution in [0.25, 0.3) is 0 Å². The summed E-state index contributed by atoms with van der Waals surface area (Å²) in [6.07, 6.45) is 14.5. The topological polar surface area (TPSA) is 146 Å². The largest absolute Gasteiger partial charge is 0.490 e. The number of esters is 1. The molecule has 1 heterocycles. The van der Waals surface area contributed by atoms with Crippen LogP contribution in [0.1, 0.15) is 53.9 Å². The highest BCUT2D eigenvalue weighted by atomic mass is 35.5. The summed E-state index contributed by atoms with van der Waals surface area (Å²) in [4.78, 5) is 48.1. The molecule has 11 heteroatoms. The fourth-order valence-electron chi connectivity index (χ4n) is 3.80. The quantitative estimate of drug-likeness (QED) is 0.142. The molecule has 0 bridgehead atoms. The molecule has 1 aliphatic heterocycles. The van der Waals surface area contributed by atoms with Gasteiger partial charge in [-0.05, 0) is 32.0 Å². The van der Waals surface area contributed by atoms with E-state index >= 15 is 0 Å². The molecule has 0 fully saturated rings. The van der Waals surface area contributed by atoms with Crippen LogP contribution in [-0.2, 0) is 28.6 Å². The summed E-state index contributed by atoms with van der Waals surface area (Å²) in [5.41, 5.74) is 6.04. The van der Waals surface area contributed by atoms with Crippen LogP contribution in [0.3, 0.4) is 0 Å². The van der Waals surface area contributed by atoms with E-state index in [9.17, 15) is 19.2 Å². The van der Waals surface area contributed by atoms with E-state index in [4.69, 9.17) is 31.5 Å². The summed E-state index contributed by atoms with van der Waals surface area (Å²) in [5, 5.41) is 5.91. The fourth-order valence-corrected chi connectivity index (χ4v) is 3.89. The molecule has 1 rings (SSSR count). The van der Waals surface area contributed by atoms with Crippen LogP contribution in [0.4, 0.5) is 4.79 Å². The van der Waals surface area contributed by atoms with Gasteiger partial charge in [0, 0.05) is 36.3 Å². The van der Waals surface area contributed by atoms with Crippen molar-refractivity contribution in [1.82, 2.24) is 10.6 Å². The first-order valence-electron chi connectivity index (χ1n) is 13.4. The molecule has 1 aliphatic rings. The van der Waals surface area contributed by atoms with Crippen LogP contribution in [0.2, 0.25) is 0 Å². The van der Waals surface area contributed by atoms with Gasteiger partial charge in [0.1, 0.15) is 18.2 Å². The zero-order valence-electron chi connectivity index (χ0n) is 24.5. The Kier molecular flexibility index (Phi) is 15.9. The Morgan fingerprint density at radius 1 is 1.17 bits per heavy atom. The number of amides is 3. The zero-order chi connectivity index (χ0) is 30.9. The SMILES string of the molecule is COC1=CC[C@@H]([C@@H](C)C=C(C)C=CC=CC(=O)N[C@H](C(=O)NC=CC[C@H](CC=C(C)Cl)OC(N)=O)C(C)C)OC1=O. The first kappa shape index (κ1) is 35.2. The van der Waals surface area contributed by atoms with Crippen molar-refractivity contribution in [2.24, 2.45) is 17.6 Å². The second-order valence-corrected chi connectivity index (χ2v) is 10.5. The molecule has 0 saturated heterocycles. The molecular weight excluding hydrogens is 550 g/mol. The number of halogens is 1. The predicted octanol–water partition coefficient (Wildman–Crippen LogP) is 4.68. The van der Waals surface area contributed by atoms with E-state index in [0.29, 0.717) is 24.3 Å². The molecule has 0 spiro atoms. The lowest BCUT2D eigenvalue weighted by Crippen LogP contribution is -2.48. The molecule has 0 aromatic heterocycles. The van der Waals surface area contributed by atoms with Crippen molar-refractivity contribution in [3.8, 4) is 0 Å². The van der Waals surface area contributed by atoms with Crippen LogP contribution in [0.5, 0.6) is 0 Å². The molecule has 4 atom stereocenters. The average molecular weight is 592 g/mol. The molecule has 0 aliphatic carbocycles. The van der Waals surface area contributed by atoms with E-state index in [1.165, 1.54) is 19.4 Å². The number of methoxy groups -OCH3 is 1. The minimum atomic E-state index is -0.898. The highest BCUT2D eigenvalue weighted by molar-refractivity contribution is 6.29. The third-order valence-electron chi connectivity index (χ3n) is 5.98. The number of allylic oxidation sites excluding steroid dienone is 5. The van der Waals surface area contributed by atoms with Gasteiger partial charge in [-0.15, -0.1) is 0 Å². The maximum absolute atomic E-state index is 12.7. The highest BCUT2D eigenvalue weighted by Gasteiger charge is 2.27. The standard InChI is InChI=1S/C30H42ClN3O7/c1-19(2)27(28(36)33-17-9-11-23(40-30(32)38)14-13-22(5)31)34-26(35)12-8-7-10-20(3)18-21(4)24-15-16-25(39-6)29(37)41-24/h7-10,12-13,16-19,21,23-24,27H,11,14-15H2,1-6H3,(H2,32,38)(H,33,36)(H,34,35)/t21-,23+,24-,27-/m0/s1. The van der Waals surface area contributed by atoms with E-state index in [-0.39, 0.29) is 29.6 Å². The maximum atomic E-state index is 12.7. The number of ether oxygens (including phenoxy) is 3.